The fourth-order valence-corrected chi connectivity index (χ4v) is 2.90. The maximum Gasteiger partial charge on any atom is 0.0739 e. The van der Waals surface area contributed by atoms with Crippen LogP contribution in [0, 0.1) is 12.8 Å². The molecule has 4 heteroatoms. The highest BCUT2D eigenvalue weighted by atomic mass is 79.9. The van der Waals surface area contributed by atoms with Gasteiger partial charge < -0.3 is 5.32 Å². The molecule has 0 saturated carbocycles. The van der Waals surface area contributed by atoms with Gasteiger partial charge in [-0.3, -0.25) is 4.68 Å². The van der Waals surface area contributed by atoms with Crippen molar-refractivity contribution < 1.29 is 0 Å². The van der Waals surface area contributed by atoms with E-state index in [1.54, 1.807) is 0 Å². The Morgan fingerprint density at radius 1 is 1.50 bits per heavy atom. The van der Waals surface area contributed by atoms with Crippen LogP contribution in [0.25, 0.3) is 0 Å². The number of aromatic nitrogens is 2. The molecule has 1 aromatic heterocycles. The first-order valence-corrected chi connectivity index (χ1v) is 7.59. The minimum Gasteiger partial charge on any atom is -0.311 e. The van der Waals surface area contributed by atoms with Crippen molar-refractivity contribution in [2.45, 2.75) is 46.2 Å². The Morgan fingerprint density at radius 3 is 3.00 bits per heavy atom. The van der Waals surface area contributed by atoms with Gasteiger partial charge in [0.2, 0.25) is 0 Å². The molecule has 1 N–H and O–H groups in total. The fourth-order valence-electron chi connectivity index (χ4n) is 2.47. The van der Waals surface area contributed by atoms with Gasteiger partial charge in [0.15, 0.2) is 0 Å². The topological polar surface area (TPSA) is 29.9 Å². The van der Waals surface area contributed by atoms with Crippen LogP contribution in [0.3, 0.4) is 0 Å². The minimum absolute atomic E-state index is 0.799. The summed E-state index contributed by atoms with van der Waals surface area (Å²) in [5, 5.41) is 8.09. The molecule has 2 rings (SSSR count). The van der Waals surface area contributed by atoms with Gasteiger partial charge in [-0.05, 0) is 61.5 Å². The molecule has 1 aliphatic rings. The molecule has 100 valence electrons. The maximum atomic E-state index is 4.51. The molecule has 1 unspecified atom stereocenters. The third kappa shape index (κ3) is 3.23. The van der Waals surface area contributed by atoms with Gasteiger partial charge in [0.05, 0.1) is 15.9 Å². The summed E-state index contributed by atoms with van der Waals surface area (Å²) >= 11 is 3.63. The fraction of sp³-hybridized carbons (Fsp3) is 0.643. The van der Waals surface area contributed by atoms with Gasteiger partial charge in [0.25, 0.3) is 0 Å². The smallest absolute Gasteiger partial charge is 0.0739 e. The van der Waals surface area contributed by atoms with E-state index in [1.165, 1.54) is 25.0 Å². The summed E-state index contributed by atoms with van der Waals surface area (Å²) in [5.74, 6) is 0.799. The number of nitrogens with one attached hydrogen (secondary N) is 1. The Hall–Kier alpha value is -0.610. The molecule has 1 aliphatic carbocycles. The van der Waals surface area contributed by atoms with E-state index in [1.807, 2.05) is 6.92 Å². The number of aryl methyl sites for hydroxylation is 2. The largest absolute Gasteiger partial charge is 0.311 e. The van der Waals surface area contributed by atoms with Crippen LogP contribution in [0.4, 0.5) is 0 Å². The van der Waals surface area contributed by atoms with Crippen LogP contribution in [0.5, 0.6) is 0 Å². The highest BCUT2D eigenvalue weighted by Gasteiger charge is 2.13. The molecule has 0 fully saturated rings. The lowest BCUT2D eigenvalue weighted by Crippen LogP contribution is -2.24. The molecule has 18 heavy (non-hydrogen) atoms. The van der Waals surface area contributed by atoms with E-state index >= 15 is 0 Å². The maximum absolute atomic E-state index is 4.51. The molecule has 3 nitrogen and oxygen atoms in total. The summed E-state index contributed by atoms with van der Waals surface area (Å²) in [6.45, 7) is 7.11. The zero-order chi connectivity index (χ0) is 13.0. The van der Waals surface area contributed by atoms with Crippen LogP contribution in [0.1, 0.15) is 37.6 Å². The number of halogens is 1. The SMILES string of the molecule is CCn1nc(C)c(Br)c1CNCC1CC=CCC1. The van der Waals surface area contributed by atoms with Crippen molar-refractivity contribution in [2.75, 3.05) is 6.54 Å². The molecular weight excluding hydrogens is 290 g/mol. The van der Waals surface area contributed by atoms with Gasteiger partial charge in [-0.15, -0.1) is 0 Å². The number of allylic oxidation sites excluding steroid dienone is 2. The molecule has 1 aromatic rings. The third-order valence-corrected chi connectivity index (χ3v) is 4.59. The monoisotopic (exact) mass is 311 g/mol. The Morgan fingerprint density at radius 2 is 2.33 bits per heavy atom. The Kier molecular flexibility index (Phi) is 5.01. The molecule has 0 spiro atoms. The van der Waals surface area contributed by atoms with E-state index in [-0.39, 0.29) is 0 Å². The number of rotatable bonds is 5. The first-order chi connectivity index (χ1) is 8.72. The van der Waals surface area contributed by atoms with E-state index in [0.717, 1.165) is 35.7 Å². The Balaban J connectivity index is 1.87. The first kappa shape index (κ1) is 13.8. The molecule has 0 amide bonds. The molecule has 0 aliphatic heterocycles. The van der Waals surface area contributed by atoms with Crippen molar-refractivity contribution in [1.82, 2.24) is 15.1 Å². The van der Waals surface area contributed by atoms with Gasteiger partial charge >= 0.3 is 0 Å². The van der Waals surface area contributed by atoms with Crippen LogP contribution in [0.15, 0.2) is 16.6 Å². The van der Waals surface area contributed by atoms with Crippen molar-refractivity contribution in [3.8, 4) is 0 Å². The Bertz CT molecular complexity index is 423. The predicted molar refractivity (Wildman–Crippen MR) is 78.5 cm³/mol. The highest BCUT2D eigenvalue weighted by molar-refractivity contribution is 9.10. The average Bonchev–Trinajstić information content (AvgIpc) is 2.67. The molecule has 0 radical (unpaired) electrons. The number of hydrogen-bond donors (Lipinski definition) is 1. The summed E-state index contributed by atoms with van der Waals surface area (Å²) in [5.41, 5.74) is 2.34. The van der Waals surface area contributed by atoms with Gasteiger partial charge in [0.1, 0.15) is 0 Å². The van der Waals surface area contributed by atoms with E-state index < -0.39 is 0 Å². The van der Waals surface area contributed by atoms with Crippen LogP contribution < -0.4 is 5.32 Å². The minimum atomic E-state index is 0.799. The molecule has 1 heterocycles. The summed E-state index contributed by atoms with van der Waals surface area (Å²) < 4.78 is 3.23. The lowest BCUT2D eigenvalue weighted by molar-refractivity contribution is 0.434. The van der Waals surface area contributed by atoms with E-state index in [4.69, 9.17) is 0 Å². The van der Waals surface area contributed by atoms with Crippen LogP contribution in [0.2, 0.25) is 0 Å². The lowest BCUT2D eigenvalue weighted by Gasteiger charge is -2.18. The predicted octanol–water partition coefficient (Wildman–Crippen LogP) is 3.42. The second-order valence-electron chi connectivity index (χ2n) is 4.94. The van der Waals surface area contributed by atoms with E-state index in [9.17, 15) is 0 Å². The summed E-state index contributed by atoms with van der Waals surface area (Å²) in [6, 6.07) is 0. The Labute approximate surface area is 118 Å². The highest BCUT2D eigenvalue weighted by Crippen LogP contribution is 2.21. The van der Waals surface area contributed by atoms with E-state index in [0.29, 0.717) is 0 Å². The van der Waals surface area contributed by atoms with Crippen LogP contribution >= 0.6 is 15.9 Å². The van der Waals surface area contributed by atoms with E-state index in [2.05, 4.69) is 50.1 Å². The van der Waals surface area contributed by atoms with Gasteiger partial charge in [0, 0.05) is 13.1 Å². The standard InChI is InChI=1S/C14H22BrN3/c1-3-18-13(14(15)11(2)17-18)10-16-9-12-7-5-4-6-8-12/h4-5,12,16H,3,6-10H2,1-2H3. The first-order valence-electron chi connectivity index (χ1n) is 6.79. The zero-order valence-electron chi connectivity index (χ0n) is 11.2. The summed E-state index contributed by atoms with van der Waals surface area (Å²) in [4.78, 5) is 0. The van der Waals surface area contributed by atoms with Crippen molar-refractivity contribution in [1.29, 1.82) is 0 Å². The lowest BCUT2D eigenvalue weighted by atomic mass is 9.94. The zero-order valence-corrected chi connectivity index (χ0v) is 12.8. The van der Waals surface area contributed by atoms with Gasteiger partial charge in [-0.1, -0.05) is 12.2 Å². The molecule has 0 saturated heterocycles. The second kappa shape index (κ2) is 6.53. The molecule has 0 aromatic carbocycles. The van der Waals surface area contributed by atoms with Gasteiger partial charge in [-0.2, -0.15) is 5.10 Å². The summed E-state index contributed by atoms with van der Waals surface area (Å²) in [7, 11) is 0. The van der Waals surface area contributed by atoms with Crippen LogP contribution in [-0.4, -0.2) is 16.3 Å². The quantitative estimate of drug-likeness (QED) is 0.844. The van der Waals surface area contributed by atoms with Gasteiger partial charge in [-0.25, -0.2) is 0 Å². The molecule has 1 atom stereocenters. The normalized spacial score (nSPS) is 19.4. The molecular formula is C14H22BrN3. The summed E-state index contributed by atoms with van der Waals surface area (Å²) in [6.07, 6.45) is 8.38. The van der Waals surface area contributed by atoms with Crippen molar-refractivity contribution in [2.24, 2.45) is 5.92 Å². The molecule has 0 bridgehead atoms. The third-order valence-electron chi connectivity index (χ3n) is 3.56. The number of hydrogen-bond acceptors (Lipinski definition) is 2. The second-order valence-corrected chi connectivity index (χ2v) is 5.74. The van der Waals surface area contributed by atoms with Crippen molar-refractivity contribution >= 4 is 15.9 Å². The number of nitrogens with zero attached hydrogens (tertiary/aromatic N) is 2. The average molecular weight is 312 g/mol. The van der Waals surface area contributed by atoms with Crippen molar-refractivity contribution in [3.63, 3.8) is 0 Å². The van der Waals surface area contributed by atoms with Crippen LogP contribution in [-0.2, 0) is 13.1 Å². The van der Waals surface area contributed by atoms with Crippen molar-refractivity contribution in [3.05, 3.63) is 28.0 Å².